The topological polar surface area (TPSA) is 72.2 Å². The summed E-state index contributed by atoms with van der Waals surface area (Å²) < 4.78 is 0. The van der Waals surface area contributed by atoms with Crippen molar-refractivity contribution in [1.82, 2.24) is 5.32 Å². The largest absolute Gasteiger partial charge is 0.351 e. The van der Waals surface area contributed by atoms with Crippen molar-refractivity contribution in [3.8, 4) is 0 Å². The first-order valence-corrected chi connectivity index (χ1v) is 5.09. The van der Waals surface area contributed by atoms with Gasteiger partial charge in [0.05, 0.1) is 4.92 Å². The fraction of sp³-hybridized carbons (Fsp3) is 0.300. The Morgan fingerprint density at radius 2 is 2.06 bits per heavy atom. The summed E-state index contributed by atoms with van der Waals surface area (Å²) in [7, 11) is 0. The first-order chi connectivity index (χ1) is 7.50. The smallest absolute Gasteiger partial charge is 0.269 e. The number of nitrogens with one attached hydrogen (secondary N) is 1. The Morgan fingerprint density at radius 1 is 1.50 bits per heavy atom. The van der Waals surface area contributed by atoms with Crippen LogP contribution < -0.4 is 5.32 Å². The fourth-order valence-electron chi connectivity index (χ4n) is 1.07. The lowest BCUT2D eigenvalue weighted by molar-refractivity contribution is -0.384. The minimum atomic E-state index is -0.585. The molecule has 1 atom stereocenters. The lowest BCUT2D eigenvalue weighted by Gasteiger charge is -2.06. The van der Waals surface area contributed by atoms with E-state index in [-0.39, 0.29) is 11.6 Å². The maximum Gasteiger partial charge on any atom is 0.269 e. The van der Waals surface area contributed by atoms with Gasteiger partial charge < -0.3 is 5.32 Å². The van der Waals surface area contributed by atoms with Gasteiger partial charge in [-0.2, -0.15) is 0 Å². The molecule has 1 unspecified atom stereocenters. The summed E-state index contributed by atoms with van der Waals surface area (Å²) in [5, 5.41) is 12.4. The minimum absolute atomic E-state index is 0.0285. The van der Waals surface area contributed by atoms with Crippen LogP contribution in [0.2, 0.25) is 0 Å². The van der Waals surface area contributed by atoms with Gasteiger partial charge in [-0.3, -0.25) is 14.9 Å². The summed E-state index contributed by atoms with van der Waals surface area (Å²) in [6.45, 7) is 1.89. The molecule has 16 heavy (non-hydrogen) atoms. The van der Waals surface area contributed by atoms with Crippen LogP contribution >= 0.6 is 11.6 Å². The number of nitrogens with zero attached hydrogens (tertiary/aromatic N) is 1. The predicted octanol–water partition coefficient (Wildman–Crippen LogP) is 1.84. The Labute approximate surface area is 97.6 Å². The molecular weight excluding hydrogens is 232 g/mol. The number of carbonyl (C=O) groups is 1. The number of amides is 1. The van der Waals surface area contributed by atoms with Gasteiger partial charge in [0.2, 0.25) is 5.91 Å². The number of nitro groups is 1. The molecular formula is C10H11ClN2O3. The summed E-state index contributed by atoms with van der Waals surface area (Å²) in [6, 6.07) is 5.98. The number of hydrogen-bond acceptors (Lipinski definition) is 3. The van der Waals surface area contributed by atoms with Crippen molar-refractivity contribution in [2.45, 2.75) is 18.8 Å². The minimum Gasteiger partial charge on any atom is -0.351 e. The van der Waals surface area contributed by atoms with Gasteiger partial charge >= 0.3 is 0 Å². The van der Waals surface area contributed by atoms with Gasteiger partial charge in [0, 0.05) is 18.7 Å². The molecule has 1 N–H and O–H groups in total. The van der Waals surface area contributed by atoms with Crippen LogP contribution in [0.1, 0.15) is 12.5 Å². The number of alkyl halides is 1. The van der Waals surface area contributed by atoms with E-state index in [4.69, 9.17) is 11.6 Å². The highest BCUT2D eigenvalue weighted by Gasteiger charge is 2.08. The van der Waals surface area contributed by atoms with Gasteiger partial charge in [-0.05, 0) is 12.5 Å². The van der Waals surface area contributed by atoms with Crippen molar-refractivity contribution in [2.24, 2.45) is 0 Å². The molecule has 0 saturated heterocycles. The number of carbonyl (C=O) groups excluding carboxylic acids is 1. The second-order valence-electron chi connectivity index (χ2n) is 3.26. The molecule has 1 rings (SSSR count). The molecule has 1 aromatic carbocycles. The quantitative estimate of drug-likeness (QED) is 0.497. The highest BCUT2D eigenvalue weighted by atomic mass is 35.5. The highest BCUT2D eigenvalue weighted by molar-refractivity contribution is 6.30. The SMILES string of the molecule is CC(Cl)C(=O)NCc1ccc([N+](=O)[O-])cc1. The lowest BCUT2D eigenvalue weighted by Crippen LogP contribution is -2.28. The summed E-state index contributed by atoms with van der Waals surface area (Å²) in [5.74, 6) is -0.264. The number of halogens is 1. The molecule has 0 spiro atoms. The van der Waals surface area contributed by atoms with Crippen LogP contribution in [-0.4, -0.2) is 16.2 Å². The average molecular weight is 243 g/mol. The molecule has 0 saturated carbocycles. The second-order valence-corrected chi connectivity index (χ2v) is 3.91. The molecule has 0 bridgehead atoms. The number of nitro benzene ring substituents is 1. The molecule has 1 amide bonds. The highest BCUT2D eigenvalue weighted by Crippen LogP contribution is 2.11. The zero-order valence-corrected chi connectivity index (χ0v) is 9.40. The fourth-order valence-corrected chi connectivity index (χ4v) is 1.14. The molecule has 0 aliphatic carbocycles. The standard InChI is InChI=1S/C10H11ClN2O3/c1-7(11)10(14)12-6-8-2-4-9(5-3-8)13(15)16/h2-5,7H,6H2,1H3,(H,12,14). The molecule has 0 aliphatic heterocycles. The average Bonchev–Trinajstić information content (AvgIpc) is 2.26. The maximum absolute atomic E-state index is 11.1. The van der Waals surface area contributed by atoms with E-state index < -0.39 is 10.3 Å². The third kappa shape index (κ3) is 3.51. The van der Waals surface area contributed by atoms with Crippen molar-refractivity contribution >= 4 is 23.2 Å². The Morgan fingerprint density at radius 3 is 2.50 bits per heavy atom. The van der Waals surface area contributed by atoms with Gasteiger partial charge in [-0.1, -0.05) is 12.1 Å². The molecule has 0 heterocycles. The van der Waals surface area contributed by atoms with Crippen LogP contribution in [0, 0.1) is 10.1 Å². The predicted molar refractivity (Wildman–Crippen MR) is 60.3 cm³/mol. The Hall–Kier alpha value is -1.62. The second kappa shape index (κ2) is 5.46. The third-order valence-corrected chi connectivity index (χ3v) is 2.17. The molecule has 0 aliphatic rings. The molecule has 86 valence electrons. The number of rotatable bonds is 4. The van der Waals surface area contributed by atoms with Gasteiger partial charge in [-0.15, -0.1) is 11.6 Å². The number of hydrogen-bond donors (Lipinski definition) is 1. The normalized spacial score (nSPS) is 11.9. The zero-order valence-electron chi connectivity index (χ0n) is 8.64. The summed E-state index contributed by atoms with van der Waals surface area (Å²) in [4.78, 5) is 21.1. The summed E-state index contributed by atoms with van der Waals surface area (Å²) >= 11 is 5.56. The van der Waals surface area contributed by atoms with Crippen LogP contribution in [0.25, 0.3) is 0 Å². The van der Waals surface area contributed by atoms with Crippen LogP contribution in [0.5, 0.6) is 0 Å². The van der Waals surface area contributed by atoms with Crippen molar-refractivity contribution in [1.29, 1.82) is 0 Å². The van der Waals surface area contributed by atoms with Gasteiger partial charge in [-0.25, -0.2) is 0 Å². The third-order valence-electron chi connectivity index (χ3n) is 1.98. The van der Waals surface area contributed by atoms with Crippen LogP contribution in [0.15, 0.2) is 24.3 Å². The first kappa shape index (κ1) is 12.4. The van der Waals surface area contributed by atoms with E-state index in [9.17, 15) is 14.9 Å². The molecule has 5 nitrogen and oxygen atoms in total. The molecule has 1 aromatic rings. The Kier molecular flexibility index (Phi) is 4.25. The van der Waals surface area contributed by atoms with E-state index in [0.29, 0.717) is 6.54 Å². The van der Waals surface area contributed by atoms with Gasteiger partial charge in [0.1, 0.15) is 5.38 Å². The molecule has 0 aromatic heterocycles. The van der Waals surface area contributed by atoms with E-state index in [0.717, 1.165) is 5.56 Å². The van der Waals surface area contributed by atoms with Crippen molar-refractivity contribution < 1.29 is 9.72 Å². The lowest BCUT2D eigenvalue weighted by atomic mass is 10.2. The zero-order chi connectivity index (χ0) is 12.1. The van der Waals surface area contributed by atoms with Crippen molar-refractivity contribution in [3.63, 3.8) is 0 Å². The van der Waals surface area contributed by atoms with Crippen LogP contribution in [0.4, 0.5) is 5.69 Å². The van der Waals surface area contributed by atoms with E-state index >= 15 is 0 Å². The van der Waals surface area contributed by atoms with Crippen molar-refractivity contribution in [2.75, 3.05) is 0 Å². The number of benzene rings is 1. The number of non-ortho nitro benzene ring substituents is 1. The molecule has 0 fully saturated rings. The Balaban J connectivity index is 2.56. The summed E-state index contributed by atoms with van der Waals surface area (Å²) in [6.07, 6.45) is 0. The monoisotopic (exact) mass is 242 g/mol. The van der Waals surface area contributed by atoms with E-state index in [1.165, 1.54) is 12.1 Å². The maximum atomic E-state index is 11.1. The van der Waals surface area contributed by atoms with Crippen LogP contribution in [-0.2, 0) is 11.3 Å². The Bertz CT molecular complexity index is 390. The molecule has 0 radical (unpaired) electrons. The van der Waals surface area contributed by atoms with Crippen LogP contribution in [0.3, 0.4) is 0 Å². The summed E-state index contributed by atoms with van der Waals surface area (Å²) in [5.41, 5.74) is 0.817. The van der Waals surface area contributed by atoms with Crippen molar-refractivity contribution in [3.05, 3.63) is 39.9 Å². The molecule has 6 heteroatoms. The van der Waals surface area contributed by atoms with E-state index in [1.54, 1.807) is 19.1 Å². The van der Waals surface area contributed by atoms with E-state index in [1.807, 2.05) is 0 Å². The van der Waals surface area contributed by atoms with Gasteiger partial charge in [0.25, 0.3) is 5.69 Å². The first-order valence-electron chi connectivity index (χ1n) is 4.66. The van der Waals surface area contributed by atoms with E-state index in [2.05, 4.69) is 5.32 Å². The van der Waals surface area contributed by atoms with Gasteiger partial charge in [0.15, 0.2) is 0 Å².